The highest BCUT2D eigenvalue weighted by Crippen LogP contribution is 2.50. The summed E-state index contributed by atoms with van der Waals surface area (Å²) in [4.78, 5) is 39.7. The number of carbonyl (C=O) groups is 2. The Bertz CT molecular complexity index is 1620. The van der Waals surface area contributed by atoms with Crippen LogP contribution in [0.4, 0.5) is 5.69 Å². The summed E-state index contributed by atoms with van der Waals surface area (Å²) in [6.45, 7) is 5.86. The standard InChI is InChI=1S/C36H45N3O7/c1-8-21(2)33(36(42)37-18-17-23-11-9-10-12-30(23)43-4)39-28-16-14-25-26(20-29(28)41)27(38-22(3)40)15-13-24-19-31(44-5)34(45-6)35(46-7)32(24)25/h9-12,14,16,19-21,27,33H,8,13,15,17-18H2,1-7H3,(H,37,42)(H,38,40)(H,39,41)/t21-,27-,33-/m0/s1. The third-order valence-electron chi connectivity index (χ3n) is 8.61. The summed E-state index contributed by atoms with van der Waals surface area (Å²) in [5.74, 6) is 1.73. The molecule has 4 rings (SSSR count). The lowest BCUT2D eigenvalue weighted by Gasteiger charge is -2.24. The molecule has 3 aromatic carbocycles. The van der Waals surface area contributed by atoms with Crippen LogP contribution in [0.2, 0.25) is 0 Å². The Hall–Kier alpha value is -4.73. The van der Waals surface area contributed by atoms with E-state index in [4.69, 9.17) is 18.9 Å². The lowest BCUT2D eigenvalue weighted by atomic mass is 9.95. The number of amides is 2. The van der Waals surface area contributed by atoms with Gasteiger partial charge in [0, 0.05) is 19.0 Å². The molecule has 2 amide bonds. The van der Waals surface area contributed by atoms with Crippen molar-refractivity contribution in [2.75, 3.05) is 40.3 Å². The number of rotatable bonds is 13. The van der Waals surface area contributed by atoms with Crippen LogP contribution in [0.15, 0.2) is 53.3 Å². The van der Waals surface area contributed by atoms with Gasteiger partial charge in [-0.15, -0.1) is 0 Å². The summed E-state index contributed by atoms with van der Waals surface area (Å²) in [7, 11) is 6.30. The van der Waals surface area contributed by atoms with E-state index in [0.29, 0.717) is 48.6 Å². The van der Waals surface area contributed by atoms with Crippen molar-refractivity contribution in [3.05, 3.63) is 75.4 Å². The van der Waals surface area contributed by atoms with E-state index in [1.807, 2.05) is 50.2 Å². The molecule has 246 valence electrons. The van der Waals surface area contributed by atoms with E-state index < -0.39 is 12.1 Å². The van der Waals surface area contributed by atoms with Crippen molar-refractivity contribution in [2.45, 2.75) is 58.5 Å². The second-order valence-electron chi connectivity index (χ2n) is 11.5. The topological polar surface area (TPSA) is 124 Å². The normalized spacial score (nSPS) is 14.8. The lowest BCUT2D eigenvalue weighted by Crippen LogP contribution is -2.45. The second kappa shape index (κ2) is 15.5. The number of carbonyl (C=O) groups excluding carboxylic acids is 2. The fraction of sp³-hybridized carbons (Fsp3) is 0.417. The van der Waals surface area contributed by atoms with Crippen molar-refractivity contribution in [2.24, 2.45) is 5.92 Å². The van der Waals surface area contributed by atoms with Gasteiger partial charge in [0.1, 0.15) is 11.8 Å². The fourth-order valence-corrected chi connectivity index (χ4v) is 6.04. The van der Waals surface area contributed by atoms with Crippen LogP contribution in [-0.4, -0.2) is 52.8 Å². The van der Waals surface area contributed by atoms with Crippen LogP contribution in [0.25, 0.3) is 11.1 Å². The Morgan fingerprint density at radius 1 is 0.935 bits per heavy atom. The van der Waals surface area contributed by atoms with Crippen LogP contribution in [-0.2, 0) is 22.4 Å². The van der Waals surface area contributed by atoms with Gasteiger partial charge in [-0.25, -0.2) is 0 Å². The van der Waals surface area contributed by atoms with Crippen molar-refractivity contribution in [3.8, 4) is 34.1 Å². The first-order valence-corrected chi connectivity index (χ1v) is 15.6. The average molecular weight is 632 g/mol. The maximum Gasteiger partial charge on any atom is 0.242 e. The molecule has 3 aromatic rings. The molecule has 0 saturated carbocycles. The summed E-state index contributed by atoms with van der Waals surface area (Å²) in [5, 5.41) is 9.33. The van der Waals surface area contributed by atoms with Crippen LogP contribution >= 0.6 is 0 Å². The molecule has 3 atom stereocenters. The fourth-order valence-electron chi connectivity index (χ4n) is 6.04. The minimum absolute atomic E-state index is 0.0707. The SMILES string of the molecule is CC[C@H](C)[C@H](Nc1ccc2c(cc1=O)[C@@H](NC(C)=O)CCc1cc(OC)c(OC)c(OC)c1-2)C(=O)NCCc1ccccc1OC. The van der Waals surface area contributed by atoms with Crippen LogP contribution in [0, 0.1) is 5.92 Å². The molecule has 46 heavy (non-hydrogen) atoms. The molecule has 0 aromatic heterocycles. The molecule has 1 aliphatic carbocycles. The maximum atomic E-state index is 13.9. The Kier molecular flexibility index (Phi) is 11.5. The first kappa shape index (κ1) is 34.1. The van der Waals surface area contributed by atoms with Crippen molar-refractivity contribution >= 4 is 17.5 Å². The maximum absolute atomic E-state index is 13.9. The predicted molar refractivity (Wildman–Crippen MR) is 179 cm³/mol. The number of methoxy groups -OCH3 is 4. The number of nitrogens with one attached hydrogen (secondary N) is 3. The zero-order valence-corrected chi connectivity index (χ0v) is 27.7. The van der Waals surface area contributed by atoms with Gasteiger partial charge >= 0.3 is 0 Å². The highest BCUT2D eigenvalue weighted by molar-refractivity contribution is 5.86. The Morgan fingerprint density at radius 2 is 1.65 bits per heavy atom. The largest absolute Gasteiger partial charge is 0.496 e. The molecule has 1 aliphatic rings. The van der Waals surface area contributed by atoms with Gasteiger partial charge in [-0.3, -0.25) is 14.4 Å². The van der Waals surface area contributed by atoms with E-state index in [2.05, 4.69) is 16.0 Å². The first-order chi connectivity index (χ1) is 22.2. The third kappa shape index (κ3) is 7.38. The Morgan fingerprint density at radius 3 is 2.30 bits per heavy atom. The van der Waals surface area contributed by atoms with E-state index in [9.17, 15) is 14.4 Å². The molecule has 0 aliphatic heterocycles. The molecule has 0 bridgehead atoms. The van der Waals surface area contributed by atoms with Crippen LogP contribution in [0.5, 0.6) is 23.0 Å². The molecule has 0 spiro atoms. The van der Waals surface area contributed by atoms with Gasteiger partial charge in [-0.2, -0.15) is 0 Å². The quantitative estimate of drug-likeness (QED) is 0.239. The van der Waals surface area contributed by atoms with E-state index >= 15 is 0 Å². The molecular formula is C36H45N3O7. The van der Waals surface area contributed by atoms with Crippen LogP contribution in [0.3, 0.4) is 0 Å². The van der Waals surface area contributed by atoms with E-state index in [1.54, 1.807) is 40.6 Å². The van der Waals surface area contributed by atoms with Gasteiger partial charge in [0.2, 0.25) is 23.0 Å². The van der Waals surface area contributed by atoms with Gasteiger partial charge in [0.05, 0.1) is 40.2 Å². The number of benzene rings is 2. The van der Waals surface area contributed by atoms with Gasteiger partial charge in [-0.05, 0) is 71.7 Å². The number of fused-ring (bicyclic) bond motifs is 3. The first-order valence-electron chi connectivity index (χ1n) is 15.6. The molecule has 10 nitrogen and oxygen atoms in total. The summed E-state index contributed by atoms with van der Waals surface area (Å²) >= 11 is 0. The lowest BCUT2D eigenvalue weighted by molar-refractivity contribution is -0.123. The zero-order chi connectivity index (χ0) is 33.4. The Balaban J connectivity index is 1.75. The van der Waals surface area contributed by atoms with E-state index in [-0.39, 0.29) is 28.8 Å². The second-order valence-corrected chi connectivity index (χ2v) is 11.5. The molecule has 0 radical (unpaired) electrons. The highest BCUT2D eigenvalue weighted by Gasteiger charge is 2.30. The van der Waals surface area contributed by atoms with E-state index in [0.717, 1.165) is 34.4 Å². The molecule has 0 saturated heterocycles. The highest BCUT2D eigenvalue weighted by atomic mass is 16.5. The third-order valence-corrected chi connectivity index (χ3v) is 8.61. The van der Waals surface area contributed by atoms with Crippen molar-refractivity contribution in [1.82, 2.24) is 10.6 Å². The number of hydrogen-bond acceptors (Lipinski definition) is 8. The average Bonchev–Trinajstić information content (AvgIpc) is 3.30. The van der Waals surface area contributed by atoms with Crippen LogP contribution in [0.1, 0.15) is 56.3 Å². The van der Waals surface area contributed by atoms with Gasteiger partial charge in [-0.1, -0.05) is 44.5 Å². The zero-order valence-electron chi connectivity index (χ0n) is 27.7. The minimum Gasteiger partial charge on any atom is -0.496 e. The van der Waals surface area contributed by atoms with Crippen molar-refractivity contribution in [1.29, 1.82) is 0 Å². The molecule has 0 unspecified atom stereocenters. The molecule has 10 heteroatoms. The number of aryl methyl sites for hydroxylation is 1. The number of hydrogen-bond donors (Lipinski definition) is 3. The molecule has 0 fully saturated rings. The number of anilines is 1. The molecule has 3 N–H and O–H groups in total. The van der Waals surface area contributed by atoms with Crippen molar-refractivity contribution < 1.29 is 28.5 Å². The molecular weight excluding hydrogens is 586 g/mol. The predicted octanol–water partition coefficient (Wildman–Crippen LogP) is 5.06. The van der Waals surface area contributed by atoms with Gasteiger partial charge < -0.3 is 34.9 Å². The summed E-state index contributed by atoms with van der Waals surface area (Å²) in [6, 6.07) is 13.6. The van der Waals surface area contributed by atoms with Crippen LogP contribution < -0.4 is 40.3 Å². The Labute approximate surface area is 270 Å². The monoisotopic (exact) mass is 631 g/mol. The van der Waals surface area contributed by atoms with Gasteiger partial charge in [0.25, 0.3) is 0 Å². The molecule has 0 heterocycles. The summed E-state index contributed by atoms with van der Waals surface area (Å²) in [6.07, 6.45) is 2.47. The van der Waals surface area contributed by atoms with E-state index in [1.165, 1.54) is 6.92 Å². The smallest absolute Gasteiger partial charge is 0.242 e. The number of para-hydroxylation sites is 1. The van der Waals surface area contributed by atoms with Crippen molar-refractivity contribution in [3.63, 3.8) is 0 Å². The van der Waals surface area contributed by atoms with Gasteiger partial charge in [0.15, 0.2) is 11.5 Å². The summed E-state index contributed by atoms with van der Waals surface area (Å²) < 4.78 is 22.6. The summed E-state index contributed by atoms with van der Waals surface area (Å²) in [5.41, 5.74) is 4.04. The minimum atomic E-state index is -0.658. The number of ether oxygens (including phenoxy) is 4.